The first-order valence-electron chi connectivity index (χ1n) is 13.7. The number of piperidine rings is 1. The highest BCUT2D eigenvalue weighted by Crippen LogP contribution is 2.41. The summed E-state index contributed by atoms with van der Waals surface area (Å²) in [4.78, 5) is 13.1. The Bertz CT molecular complexity index is 1440. The molecule has 208 valence electrons. The molecule has 8 nitrogen and oxygen atoms in total. The number of nitrogens with zero attached hydrogens (tertiary/aromatic N) is 3. The Morgan fingerprint density at radius 1 is 1.00 bits per heavy atom. The van der Waals surface area contributed by atoms with E-state index in [1.807, 2.05) is 55.5 Å². The van der Waals surface area contributed by atoms with Crippen LogP contribution in [0.1, 0.15) is 63.3 Å². The van der Waals surface area contributed by atoms with Crippen LogP contribution in [0.2, 0.25) is 0 Å². The lowest BCUT2D eigenvalue weighted by molar-refractivity contribution is 0.191. The molecular weight excluding hydrogens is 510 g/mol. The average Bonchev–Trinajstić information content (AvgIpc) is 3.39. The van der Waals surface area contributed by atoms with Gasteiger partial charge in [0.2, 0.25) is 10.0 Å². The summed E-state index contributed by atoms with van der Waals surface area (Å²) < 4.78 is 28.0. The zero-order chi connectivity index (χ0) is 27.9. The normalized spacial score (nSPS) is 21.6. The van der Waals surface area contributed by atoms with Gasteiger partial charge in [-0.3, -0.25) is 5.32 Å². The molecule has 0 aliphatic carbocycles. The van der Waals surface area contributed by atoms with E-state index in [1.54, 1.807) is 8.99 Å². The van der Waals surface area contributed by atoms with Crippen molar-refractivity contribution in [1.82, 2.24) is 14.1 Å². The number of sulfonamides is 1. The van der Waals surface area contributed by atoms with Gasteiger partial charge < -0.3 is 5.32 Å². The minimum atomic E-state index is -3.16. The van der Waals surface area contributed by atoms with Crippen molar-refractivity contribution in [2.24, 2.45) is 5.92 Å². The van der Waals surface area contributed by atoms with Gasteiger partial charge in [-0.2, -0.15) is 9.40 Å². The second-order valence-electron chi connectivity index (χ2n) is 12.2. The highest BCUT2D eigenvalue weighted by atomic mass is 32.2. The van der Waals surface area contributed by atoms with Crippen LogP contribution >= 0.6 is 0 Å². The number of anilines is 2. The van der Waals surface area contributed by atoms with Crippen LogP contribution in [0, 0.1) is 12.8 Å². The van der Waals surface area contributed by atoms with Crippen LogP contribution in [0.5, 0.6) is 0 Å². The molecule has 2 aliphatic rings. The summed E-state index contributed by atoms with van der Waals surface area (Å²) >= 11 is 0. The van der Waals surface area contributed by atoms with Crippen LogP contribution in [0.4, 0.5) is 16.3 Å². The number of aromatic nitrogens is 2. The molecule has 9 heteroatoms. The van der Waals surface area contributed by atoms with Crippen molar-refractivity contribution < 1.29 is 13.2 Å². The lowest BCUT2D eigenvalue weighted by Crippen LogP contribution is -2.46. The predicted octanol–water partition coefficient (Wildman–Crippen LogP) is 5.87. The second-order valence-corrected chi connectivity index (χ2v) is 14.1. The first kappa shape index (κ1) is 27.4. The van der Waals surface area contributed by atoms with Gasteiger partial charge in [-0.15, -0.1) is 0 Å². The third-order valence-corrected chi connectivity index (χ3v) is 9.22. The van der Waals surface area contributed by atoms with Crippen molar-refractivity contribution in [1.29, 1.82) is 0 Å². The largest absolute Gasteiger partial charge is 0.324 e. The third kappa shape index (κ3) is 6.20. The summed E-state index contributed by atoms with van der Waals surface area (Å²) in [5.41, 5.74) is 4.61. The van der Waals surface area contributed by atoms with Gasteiger partial charge in [0.15, 0.2) is 0 Å². The van der Waals surface area contributed by atoms with Gasteiger partial charge >= 0.3 is 6.03 Å². The Labute approximate surface area is 231 Å². The van der Waals surface area contributed by atoms with Crippen molar-refractivity contribution in [2.75, 3.05) is 16.9 Å². The van der Waals surface area contributed by atoms with Crippen molar-refractivity contribution in [2.45, 2.75) is 77.3 Å². The van der Waals surface area contributed by atoms with Crippen LogP contribution in [-0.4, -0.2) is 46.9 Å². The number of urea groups is 1. The summed E-state index contributed by atoms with van der Waals surface area (Å²) in [7, 11) is -3.16. The Morgan fingerprint density at radius 3 is 2.28 bits per heavy atom. The molecule has 5 rings (SSSR count). The Hall–Kier alpha value is -3.17. The molecule has 2 aliphatic heterocycles. The van der Waals surface area contributed by atoms with E-state index in [0.717, 1.165) is 60.3 Å². The van der Waals surface area contributed by atoms with E-state index in [2.05, 4.69) is 37.5 Å². The van der Waals surface area contributed by atoms with Crippen LogP contribution < -0.4 is 10.6 Å². The maximum Gasteiger partial charge on any atom is 0.324 e. The first-order valence-corrected chi connectivity index (χ1v) is 15.5. The first-order chi connectivity index (χ1) is 18.4. The number of benzene rings is 2. The van der Waals surface area contributed by atoms with E-state index >= 15 is 0 Å². The SMILES string of the molecule is Cc1ccc(-n2nc(C(C)(C)C)cc2NC(=O)Nc2cccc(CC3CC4CCC(C3)N4S(C)(=O)=O)c2)cc1. The van der Waals surface area contributed by atoms with Gasteiger partial charge in [-0.05, 0) is 74.8 Å². The number of fused-ring (bicyclic) bond motifs is 2. The van der Waals surface area contributed by atoms with E-state index in [4.69, 9.17) is 5.10 Å². The van der Waals surface area contributed by atoms with Crippen LogP contribution in [0.25, 0.3) is 5.69 Å². The molecule has 3 heterocycles. The van der Waals surface area contributed by atoms with E-state index < -0.39 is 10.0 Å². The van der Waals surface area contributed by atoms with Gasteiger partial charge in [-0.1, -0.05) is 50.6 Å². The average molecular weight is 550 g/mol. The Morgan fingerprint density at radius 2 is 1.67 bits per heavy atom. The highest BCUT2D eigenvalue weighted by molar-refractivity contribution is 7.88. The second kappa shape index (κ2) is 10.4. The Balaban J connectivity index is 1.27. The summed E-state index contributed by atoms with van der Waals surface area (Å²) in [5, 5.41) is 10.8. The fourth-order valence-corrected chi connectivity index (χ4v) is 7.53. The van der Waals surface area contributed by atoms with Crippen molar-refractivity contribution in [3.05, 3.63) is 71.4 Å². The molecule has 2 aromatic carbocycles. The molecule has 2 bridgehead atoms. The molecule has 2 amide bonds. The van der Waals surface area contributed by atoms with Crippen LogP contribution in [0.3, 0.4) is 0 Å². The van der Waals surface area contributed by atoms with Crippen LogP contribution in [-0.2, 0) is 21.9 Å². The van der Waals surface area contributed by atoms with Gasteiger partial charge in [0.25, 0.3) is 0 Å². The van der Waals surface area contributed by atoms with Gasteiger partial charge in [-0.25, -0.2) is 17.9 Å². The van der Waals surface area contributed by atoms with Gasteiger partial charge in [0.1, 0.15) is 5.82 Å². The standard InChI is InChI=1S/C30H39N5O3S/c1-20-9-11-24(12-10-20)34-28(19-27(33-34)30(2,3)4)32-29(36)31-23-8-6-7-21(16-23)15-22-17-25-13-14-26(18-22)35(25)39(5,37)38/h6-12,16,19,22,25-26H,13-15,17-18H2,1-5H3,(H2,31,32,36). The number of nitrogens with one attached hydrogen (secondary N) is 2. The molecule has 3 aromatic rings. The van der Waals surface area contributed by atoms with E-state index in [-0.39, 0.29) is 23.5 Å². The predicted molar refractivity (Wildman–Crippen MR) is 156 cm³/mol. The number of hydrogen-bond acceptors (Lipinski definition) is 4. The molecule has 2 atom stereocenters. The number of aryl methyl sites for hydroxylation is 1. The fourth-order valence-electron chi connectivity index (χ4n) is 6.06. The maximum atomic E-state index is 13.1. The van der Waals surface area contributed by atoms with Crippen molar-refractivity contribution >= 4 is 27.6 Å². The number of hydrogen-bond donors (Lipinski definition) is 2. The molecule has 0 radical (unpaired) electrons. The molecule has 2 unspecified atom stereocenters. The van der Waals surface area contributed by atoms with Crippen molar-refractivity contribution in [3.63, 3.8) is 0 Å². The maximum absolute atomic E-state index is 13.1. The molecule has 2 saturated heterocycles. The summed E-state index contributed by atoms with van der Waals surface area (Å²) in [5.74, 6) is 1.04. The van der Waals surface area contributed by atoms with E-state index in [0.29, 0.717) is 11.7 Å². The molecule has 2 N–H and O–H groups in total. The smallest absolute Gasteiger partial charge is 0.308 e. The number of carbonyl (C=O) groups excluding carboxylic acids is 1. The number of carbonyl (C=O) groups is 1. The fraction of sp³-hybridized carbons (Fsp3) is 0.467. The molecular formula is C30H39N5O3S. The molecule has 0 saturated carbocycles. The zero-order valence-electron chi connectivity index (χ0n) is 23.4. The monoisotopic (exact) mass is 549 g/mol. The third-order valence-electron chi connectivity index (χ3n) is 7.85. The molecule has 39 heavy (non-hydrogen) atoms. The van der Waals surface area contributed by atoms with Crippen LogP contribution in [0.15, 0.2) is 54.6 Å². The Kier molecular flexibility index (Phi) is 7.33. The number of amides is 2. The minimum Gasteiger partial charge on any atom is -0.308 e. The van der Waals surface area contributed by atoms with Gasteiger partial charge in [0, 0.05) is 29.3 Å². The summed E-state index contributed by atoms with van der Waals surface area (Å²) in [6.07, 6.45) is 5.88. The van der Waals surface area contributed by atoms with E-state index in [9.17, 15) is 13.2 Å². The topological polar surface area (TPSA) is 96.3 Å². The van der Waals surface area contributed by atoms with Crippen molar-refractivity contribution in [3.8, 4) is 5.69 Å². The highest BCUT2D eigenvalue weighted by Gasteiger charge is 2.45. The van der Waals surface area contributed by atoms with Gasteiger partial charge in [0.05, 0.1) is 17.6 Å². The molecule has 0 spiro atoms. The van der Waals surface area contributed by atoms with E-state index in [1.165, 1.54) is 6.26 Å². The molecule has 1 aromatic heterocycles. The number of rotatable bonds is 6. The molecule has 2 fully saturated rings. The minimum absolute atomic E-state index is 0.118. The zero-order valence-corrected chi connectivity index (χ0v) is 24.3. The lowest BCUT2D eigenvalue weighted by atomic mass is 9.87. The lowest BCUT2D eigenvalue weighted by Gasteiger charge is -2.37. The summed E-state index contributed by atoms with van der Waals surface area (Å²) in [6.45, 7) is 8.33. The summed E-state index contributed by atoms with van der Waals surface area (Å²) in [6, 6.07) is 17.8. The quantitative estimate of drug-likeness (QED) is 0.402.